The largest absolute Gasteiger partial charge is 0.419 e. The number of pyridine rings is 1. The van der Waals surface area contributed by atoms with Gasteiger partial charge in [-0.05, 0) is 56.3 Å². The number of nitrogens with one attached hydrogen (secondary N) is 1. The second kappa shape index (κ2) is 9.71. The summed E-state index contributed by atoms with van der Waals surface area (Å²) in [5.41, 5.74) is 2.26. The van der Waals surface area contributed by atoms with Gasteiger partial charge in [0.2, 0.25) is 5.75 Å². The molecule has 0 radical (unpaired) electrons. The van der Waals surface area contributed by atoms with Crippen LogP contribution in [0.1, 0.15) is 49.0 Å². The highest BCUT2D eigenvalue weighted by Crippen LogP contribution is 2.41. The normalized spacial score (nSPS) is 18.6. The lowest BCUT2D eigenvalue weighted by molar-refractivity contribution is -0.133. The SMILES string of the molecule is CCCn1c2c(c3c(c1=O)OC(=O)/C=C/C(=O)O3)C(NCCc1ccc(Cl)cc1)CCC2. The Morgan fingerprint density at radius 2 is 1.75 bits per heavy atom. The number of ether oxygens (including phenoxy) is 2. The summed E-state index contributed by atoms with van der Waals surface area (Å²) >= 11 is 5.97. The van der Waals surface area contributed by atoms with Crippen molar-refractivity contribution >= 4 is 23.5 Å². The van der Waals surface area contributed by atoms with Crippen molar-refractivity contribution in [1.29, 1.82) is 0 Å². The van der Waals surface area contributed by atoms with E-state index >= 15 is 0 Å². The number of carbonyl (C=O) groups is 2. The highest BCUT2D eigenvalue weighted by atomic mass is 35.5. The third-order valence-electron chi connectivity index (χ3n) is 5.71. The first-order valence-corrected chi connectivity index (χ1v) is 11.2. The number of fused-ring (bicyclic) bond motifs is 3. The maximum absolute atomic E-state index is 13.2. The maximum Gasteiger partial charge on any atom is 0.336 e. The van der Waals surface area contributed by atoms with Crippen LogP contribution in [0.15, 0.2) is 41.2 Å². The first-order valence-electron chi connectivity index (χ1n) is 10.9. The fraction of sp³-hybridized carbons (Fsp3) is 0.375. The van der Waals surface area contributed by atoms with Crippen molar-refractivity contribution < 1.29 is 19.1 Å². The van der Waals surface area contributed by atoms with Gasteiger partial charge in [0.15, 0.2) is 5.75 Å². The number of hydrogen-bond acceptors (Lipinski definition) is 6. The Balaban J connectivity index is 1.71. The molecule has 0 fully saturated rings. The molecule has 168 valence electrons. The molecule has 0 spiro atoms. The van der Waals surface area contributed by atoms with E-state index in [0.717, 1.165) is 54.7 Å². The standard InChI is InChI=1S/C24H25ClN2O5/c1-2-14-27-18-5-3-4-17(26-13-12-15-6-8-16(25)9-7-15)21(18)22-23(24(27)30)32-20(29)11-10-19(28)31-22/h6-11,17,26H,2-5,12-14H2,1H3/b11-10+. The van der Waals surface area contributed by atoms with Gasteiger partial charge in [0, 0.05) is 41.0 Å². The van der Waals surface area contributed by atoms with Crippen molar-refractivity contribution in [2.45, 2.75) is 51.6 Å². The van der Waals surface area contributed by atoms with E-state index in [0.29, 0.717) is 24.5 Å². The molecular formula is C24H25ClN2O5. The van der Waals surface area contributed by atoms with E-state index in [1.165, 1.54) is 0 Å². The van der Waals surface area contributed by atoms with Crippen LogP contribution >= 0.6 is 11.6 Å². The van der Waals surface area contributed by atoms with E-state index in [2.05, 4.69) is 5.32 Å². The molecule has 1 N–H and O–H groups in total. The summed E-state index contributed by atoms with van der Waals surface area (Å²) in [6, 6.07) is 7.56. The quantitative estimate of drug-likeness (QED) is 0.669. The van der Waals surface area contributed by atoms with Gasteiger partial charge >= 0.3 is 11.9 Å². The maximum atomic E-state index is 13.2. The second-order valence-electron chi connectivity index (χ2n) is 7.93. The van der Waals surface area contributed by atoms with Crippen LogP contribution in [0.5, 0.6) is 11.5 Å². The number of esters is 2. The highest BCUT2D eigenvalue weighted by Gasteiger charge is 2.33. The van der Waals surface area contributed by atoms with Gasteiger partial charge < -0.3 is 19.4 Å². The van der Waals surface area contributed by atoms with Crippen LogP contribution in [-0.4, -0.2) is 23.1 Å². The zero-order chi connectivity index (χ0) is 22.7. The number of nitrogens with zero attached hydrogens (tertiary/aromatic N) is 1. The molecule has 1 aromatic heterocycles. The highest BCUT2D eigenvalue weighted by molar-refractivity contribution is 6.30. The van der Waals surface area contributed by atoms with E-state index < -0.39 is 17.5 Å². The first kappa shape index (κ1) is 22.3. The summed E-state index contributed by atoms with van der Waals surface area (Å²) < 4.78 is 12.5. The van der Waals surface area contributed by atoms with Crippen molar-refractivity contribution in [3.63, 3.8) is 0 Å². The molecule has 1 atom stereocenters. The third-order valence-corrected chi connectivity index (χ3v) is 5.96. The number of benzene rings is 1. The van der Waals surface area contributed by atoms with Gasteiger partial charge in [-0.1, -0.05) is 30.7 Å². The second-order valence-corrected chi connectivity index (χ2v) is 8.36. The zero-order valence-electron chi connectivity index (χ0n) is 17.9. The summed E-state index contributed by atoms with van der Waals surface area (Å²) in [6.45, 7) is 3.16. The van der Waals surface area contributed by atoms with Crippen molar-refractivity contribution in [2.75, 3.05) is 6.54 Å². The molecule has 32 heavy (non-hydrogen) atoms. The van der Waals surface area contributed by atoms with Crippen molar-refractivity contribution in [3.8, 4) is 11.5 Å². The van der Waals surface area contributed by atoms with Gasteiger partial charge in [0.25, 0.3) is 5.56 Å². The van der Waals surface area contributed by atoms with E-state index in [4.69, 9.17) is 21.1 Å². The van der Waals surface area contributed by atoms with Gasteiger partial charge in [0.05, 0.1) is 0 Å². The Bertz CT molecular complexity index is 1120. The van der Waals surface area contributed by atoms with Crippen LogP contribution in [0.2, 0.25) is 5.02 Å². The minimum Gasteiger partial charge on any atom is -0.419 e. The molecule has 4 rings (SSSR count). The van der Waals surface area contributed by atoms with E-state index in [-0.39, 0.29) is 17.5 Å². The lowest BCUT2D eigenvalue weighted by atomic mass is 9.89. The molecule has 2 aliphatic rings. The molecule has 0 saturated heterocycles. The molecule has 1 aliphatic carbocycles. The molecule has 0 bridgehead atoms. The average molecular weight is 457 g/mol. The summed E-state index contributed by atoms with van der Waals surface area (Å²) in [5, 5.41) is 4.24. The molecule has 1 aliphatic heterocycles. The molecule has 2 heterocycles. The van der Waals surface area contributed by atoms with Gasteiger partial charge in [0.1, 0.15) is 0 Å². The molecule has 1 aromatic carbocycles. The summed E-state index contributed by atoms with van der Waals surface area (Å²) in [5.74, 6) is -1.63. The topological polar surface area (TPSA) is 86.6 Å². The predicted octanol–water partition coefficient (Wildman–Crippen LogP) is 3.50. The lowest BCUT2D eigenvalue weighted by Gasteiger charge is -2.31. The third kappa shape index (κ3) is 4.64. The minimum atomic E-state index is -0.772. The van der Waals surface area contributed by atoms with Crippen molar-refractivity contribution in [2.24, 2.45) is 0 Å². The molecule has 8 heteroatoms. The molecule has 2 aromatic rings. The number of rotatable bonds is 6. The van der Waals surface area contributed by atoms with E-state index in [1.54, 1.807) is 4.57 Å². The fourth-order valence-corrected chi connectivity index (χ4v) is 4.42. The molecule has 7 nitrogen and oxygen atoms in total. The Kier molecular flexibility index (Phi) is 6.77. The smallest absolute Gasteiger partial charge is 0.336 e. The average Bonchev–Trinajstić information content (AvgIpc) is 2.77. The molecular weight excluding hydrogens is 432 g/mol. The number of aromatic nitrogens is 1. The van der Waals surface area contributed by atoms with Gasteiger partial charge in [-0.25, -0.2) is 9.59 Å². The van der Waals surface area contributed by atoms with E-state index in [9.17, 15) is 14.4 Å². The van der Waals surface area contributed by atoms with Gasteiger partial charge in [-0.15, -0.1) is 0 Å². The summed E-state index contributed by atoms with van der Waals surface area (Å²) in [6.07, 6.45) is 5.91. The summed E-state index contributed by atoms with van der Waals surface area (Å²) in [4.78, 5) is 37.5. The van der Waals surface area contributed by atoms with Gasteiger partial charge in [-0.3, -0.25) is 4.79 Å². The van der Waals surface area contributed by atoms with Crippen LogP contribution in [0.25, 0.3) is 0 Å². The number of carbonyl (C=O) groups excluding carboxylic acids is 2. The van der Waals surface area contributed by atoms with Crippen molar-refractivity contribution in [3.05, 3.63) is 68.6 Å². The molecule has 1 unspecified atom stereocenters. The molecule has 0 saturated carbocycles. The van der Waals surface area contributed by atoms with Gasteiger partial charge in [-0.2, -0.15) is 0 Å². The zero-order valence-corrected chi connectivity index (χ0v) is 18.6. The van der Waals surface area contributed by atoms with Crippen molar-refractivity contribution in [1.82, 2.24) is 9.88 Å². The molecule has 0 amide bonds. The lowest BCUT2D eigenvalue weighted by Crippen LogP contribution is -2.35. The van der Waals surface area contributed by atoms with Crippen LogP contribution in [0, 0.1) is 0 Å². The predicted molar refractivity (Wildman–Crippen MR) is 120 cm³/mol. The van der Waals surface area contributed by atoms with Crippen LogP contribution in [-0.2, 0) is 29.0 Å². The Labute approximate surface area is 191 Å². The Morgan fingerprint density at radius 3 is 2.44 bits per heavy atom. The minimum absolute atomic E-state index is 0.0590. The fourth-order valence-electron chi connectivity index (χ4n) is 4.29. The first-order chi connectivity index (χ1) is 15.5. The monoisotopic (exact) mass is 456 g/mol. The number of halogens is 1. The summed E-state index contributed by atoms with van der Waals surface area (Å²) in [7, 11) is 0. The van der Waals surface area contributed by atoms with Crippen LogP contribution < -0.4 is 20.3 Å². The Hall–Kier alpha value is -2.90. The van der Waals surface area contributed by atoms with Crippen LogP contribution in [0.4, 0.5) is 0 Å². The number of hydrogen-bond donors (Lipinski definition) is 1. The Morgan fingerprint density at radius 1 is 1.06 bits per heavy atom. The van der Waals surface area contributed by atoms with Crippen LogP contribution in [0.3, 0.4) is 0 Å². The van der Waals surface area contributed by atoms with E-state index in [1.807, 2.05) is 31.2 Å².